The molecule has 1 N–H and O–H groups in total. The number of carbonyl (C=O) groups is 1. The van der Waals surface area contributed by atoms with Crippen LogP contribution in [0.1, 0.15) is 38.8 Å². The monoisotopic (exact) mass is 322 g/mol. The predicted octanol–water partition coefficient (Wildman–Crippen LogP) is 3.68. The third-order valence-electron chi connectivity index (χ3n) is 3.47. The molecular formula is C17H26N2O2S. The molecule has 0 saturated heterocycles. The van der Waals surface area contributed by atoms with Crippen molar-refractivity contribution in [3.05, 3.63) is 29.8 Å². The molecule has 0 radical (unpaired) electrons. The molecule has 0 saturated carbocycles. The van der Waals surface area contributed by atoms with Crippen molar-refractivity contribution in [2.45, 2.75) is 43.7 Å². The summed E-state index contributed by atoms with van der Waals surface area (Å²) in [6, 6.07) is 8.98. The molecule has 2 rings (SSSR count). The first-order chi connectivity index (χ1) is 10.4. The molecule has 1 aliphatic rings. The number of nitrogens with zero attached hydrogens (tertiary/aromatic N) is 1. The third kappa shape index (κ3) is 4.92. The molecule has 0 bridgehead atoms. The molecule has 122 valence electrons. The van der Waals surface area contributed by atoms with Gasteiger partial charge in [-0.1, -0.05) is 18.2 Å². The number of hydrogen-bond donors (Lipinski definition) is 1. The SMILES string of the molecule is CN(CCCNC1CSc2ccccc21)C(=O)OC(C)(C)C. The highest BCUT2D eigenvalue weighted by Gasteiger charge is 2.22. The summed E-state index contributed by atoms with van der Waals surface area (Å²) in [4.78, 5) is 14.9. The maximum absolute atomic E-state index is 11.9. The van der Waals surface area contributed by atoms with Gasteiger partial charge in [-0.3, -0.25) is 0 Å². The van der Waals surface area contributed by atoms with E-state index in [4.69, 9.17) is 4.74 Å². The number of carbonyl (C=O) groups excluding carboxylic acids is 1. The van der Waals surface area contributed by atoms with Gasteiger partial charge in [0, 0.05) is 30.3 Å². The van der Waals surface area contributed by atoms with E-state index in [1.54, 1.807) is 11.9 Å². The average molecular weight is 322 g/mol. The Bertz CT molecular complexity index is 514. The summed E-state index contributed by atoms with van der Waals surface area (Å²) in [7, 11) is 1.79. The van der Waals surface area contributed by atoms with Gasteiger partial charge in [0.15, 0.2) is 0 Å². The molecule has 1 aromatic rings. The molecule has 4 nitrogen and oxygen atoms in total. The number of nitrogens with one attached hydrogen (secondary N) is 1. The molecule has 22 heavy (non-hydrogen) atoms. The lowest BCUT2D eigenvalue weighted by Gasteiger charge is -2.24. The largest absolute Gasteiger partial charge is 0.444 e. The van der Waals surface area contributed by atoms with Gasteiger partial charge in [-0.25, -0.2) is 4.79 Å². The Morgan fingerprint density at radius 3 is 2.86 bits per heavy atom. The summed E-state index contributed by atoms with van der Waals surface area (Å²) in [6.45, 7) is 7.25. The Balaban J connectivity index is 1.69. The van der Waals surface area contributed by atoms with Crippen LogP contribution < -0.4 is 5.32 Å². The Morgan fingerprint density at radius 2 is 2.14 bits per heavy atom. The highest BCUT2D eigenvalue weighted by Crippen LogP contribution is 2.37. The fraction of sp³-hybridized carbons (Fsp3) is 0.588. The Hall–Kier alpha value is -1.20. The van der Waals surface area contributed by atoms with E-state index in [1.807, 2.05) is 32.5 Å². The van der Waals surface area contributed by atoms with Crippen LogP contribution in [0, 0.1) is 0 Å². The van der Waals surface area contributed by atoms with Crippen LogP contribution in [0.3, 0.4) is 0 Å². The van der Waals surface area contributed by atoms with E-state index in [1.165, 1.54) is 10.5 Å². The van der Waals surface area contributed by atoms with Gasteiger partial charge in [-0.05, 0) is 45.4 Å². The van der Waals surface area contributed by atoms with Gasteiger partial charge in [0.05, 0.1) is 0 Å². The van der Waals surface area contributed by atoms with Crippen LogP contribution in [-0.2, 0) is 4.74 Å². The molecule has 0 fully saturated rings. The fourth-order valence-corrected chi connectivity index (χ4v) is 3.55. The van der Waals surface area contributed by atoms with Crippen LogP contribution in [0.4, 0.5) is 4.79 Å². The van der Waals surface area contributed by atoms with Crippen molar-refractivity contribution in [2.75, 3.05) is 25.9 Å². The molecule has 1 unspecified atom stereocenters. The summed E-state index contributed by atoms with van der Waals surface area (Å²) in [6.07, 6.45) is 0.660. The van der Waals surface area contributed by atoms with Gasteiger partial charge in [-0.2, -0.15) is 0 Å². The zero-order chi connectivity index (χ0) is 16.2. The van der Waals surface area contributed by atoms with Gasteiger partial charge < -0.3 is 15.0 Å². The van der Waals surface area contributed by atoms with Crippen molar-refractivity contribution in [3.8, 4) is 0 Å². The smallest absolute Gasteiger partial charge is 0.410 e. The number of thioether (sulfide) groups is 1. The van der Waals surface area contributed by atoms with E-state index in [0.29, 0.717) is 12.6 Å². The minimum atomic E-state index is -0.436. The summed E-state index contributed by atoms with van der Waals surface area (Å²) < 4.78 is 5.34. The second kappa shape index (κ2) is 7.38. The number of ether oxygens (including phenoxy) is 1. The predicted molar refractivity (Wildman–Crippen MR) is 91.4 cm³/mol. The zero-order valence-corrected chi connectivity index (χ0v) is 14.7. The Morgan fingerprint density at radius 1 is 1.41 bits per heavy atom. The first kappa shape index (κ1) is 17.2. The Kier molecular flexibility index (Phi) is 5.75. The first-order valence-corrected chi connectivity index (χ1v) is 8.74. The van der Waals surface area contributed by atoms with E-state index in [2.05, 4.69) is 29.6 Å². The van der Waals surface area contributed by atoms with Crippen molar-refractivity contribution in [3.63, 3.8) is 0 Å². The molecular weight excluding hydrogens is 296 g/mol. The number of fused-ring (bicyclic) bond motifs is 1. The van der Waals surface area contributed by atoms with Crippen molar-refractivity contribution in [1.82, 2.24) is 10.2 Å². The van der Waals surface area contributed by atoms with Gasteiger partial charge >= 0.3 is 6.09 Å². The minimum Gasteiger partial charge on any atom is -0.444 e. The topological polar surface area (TPSA) is 41.6 Å². The lowest BCUT2D eigenvalue weighted by Crippen LogP contribution is -2.35. The van der Waals surface area contributed by atoms with Crippen LogP contribution in [0.5, 0.6) is 0 Å². The number of amides is 1. The van der Waals surface area contributed by atoms with Crippen LogP contribution in [0.25, 0.3) is 0 Å². The normalized spacial score (nSPS) is 17.2. The molecule has 1 aliphatic heterocycles. The minimum absolute atomic E-state index is 0.255. The molecule has 0 spiro atoms. The van der Waals surface area contributed by atoms with Crippen molar-refractivity contribution < 1.29 is 9.53 Å². The summed E-state index contributed by atoms with van der Waals surface area (Å²) in [5.41, 5.74) is 0.960. The van der Waals surface area contributed by atoms with Crippen molar-refractivity contribution >= 4 is 17.9 Å². The van der Waals surface area contributed by atoms with Gasteiger partial charge in [-0.15, -0.1) is 11.8 Å². The Labute approximate surface area is 137 Å². The molecule has 1 heterocycles. The van der Waals surface area contributed by atoms with E-state index in [0.717, 1.165) is 18.7 Å². The second-order valence-electron chi connectivity index (χ2n) is 6.61. The summed E-state index contributed by atoms with van der Waals surface area (Å²) in [5.74, 6) is 1.08. The molecule has 0 aliphatic carbocycles. The highest BCUT2D eigenvalue weighted by atomic mass is 32.2. The van der Waals surface area contributed by atoms with Crippen molar-refractivity contribution in [1.29, 1.82) is 0 Å². The average Bonchev–Trinajstić information content (AvgIpc) is 2.85. The fourth-order valence-electron chi connectivity index (χ4n) is 2.36. The number of hydrogen-bond acceptors (Lipinski definition) is 4. The highest BCUT2D eigenvalue weighted by molar-refractivity contribution is 7.99. The number of rotatable bonds is 5. The van der Waals surface area contributed by atoms with Gasteiger partial charge in [0.25, 0.3) is 0 Å². The van der Waals surface area contributed by atoms with E-state index >= 15 is 0 Å². The lowest BCUT2D eigenvalue weighted by molar-refractivity contribution is 0.0297. The third-order valence-corrected chi connectivity index (χ3v) is 4.65. The van der Waals surface area contributed by atoms with Crippen LogP contribution in [0.2, 0.25) is 0 Å². The summed E-state index contributed by atoms with van der Waals surface area (Å²) >= 11 is 1.90. The van der Waals surface area contributed by atoms with Crippen molar-refractivity contribution in [2.24, 2.45) is 0 Å². The maximum atomic E-state index is 11.9. The van der Waals surface area contributed by atoms with Crippen LogP contribution in [-0.4, -0.2) is 42.5 Å². The molecule has 1 amide bonds. The quantitative estimate of drug-likeness (QED) is 0.840. The molecule has 0 aromatic heterocycles. The van der Waals surface area contributed by atoms with E-state index in [9.17, 15) is 4.79 Å². The first-order valence-electron chi connectivity index (χ1n) is 7.76. The maximum Gasteiger partial charge on any atom is 0.410 e. The lowest BCUT2D eigenvalue weighted by atomic mass is 10.1. The summed E-state index contributed by atoms with van der Waals surface area (Å²) in [5, 5.41) is 3.58. The van der Waals surface area contributed by atoms with Crippen LogP contribution in [0.15, 0.2) is 29.2 Å². The second-order valence-corrected chi connectivity index (χ2v) is 7.67. The van der Waals surface area contributed by atoms with Crippen LogP contribution >= 0.6 is 11.8 Å². The zero-order valence-electron chi connectivity index (χ0n) is 13.9. The standard InChI is InChI=1S/C17H26N2O2S/c1-17(2,3)21-16(20)19(4)11-7-10-18-14-12-22-15-9-6-5-8-13(14)15/h5-6,8-9,14,18H,7,10-12H2,1-4H3. The van der Waals surface area contributed by atoms with Gasteiger partial charge in [0.2, 0.25) is 0 Å². The van der Waals surface area contributed by atoms with E-state index < -0.39 is 5.60 Å². The molecule has 5 heteroatoms. The number of benzene rings is 1. The molecule has 1 atom stereocenters. The van der Waals surface area contributed by atoms with Gasteiger partial charge in [0.1, 0.15) is 5.60 Å². The molecule has 1 aromatic carbocycles. The van der Waals surface area contributed by atoms with E-state index in [-0.39, 0.29) is 6.09 Å².